The highest BCUT2D eigenvalue weighted by Crippen LogP contribution is 2.00. The Hall–Kier alpha value is -2.10. The predicted octanol–water partition coefficient (Wildman–Crippen LogP) is 1.71. The summed E-state index contributed by atoms with van der Waals surface area (Å²) in [5.41, 5.74) is 1.11. The van der Waals surface area contributed by atoms with E-state index in [0.29, 0.717) is 13.1 Å². The molecule has 2 amide bonds. The minimum absolute atomic E-state index is 0.135. The number of carbonyl (C=O) groups excluding carboxylic acids is 1. The molecular weight excluding hydrogens is 202 g/mol. The van der Waals surface area contributed by atoms with E-state index in [1.54, 1.807) is 6.21 Å². The average Bonchev–Trinajstić information content (AvgIpc) is 2.72. The van der Waals surface area contributed by atoms with Gasteiger partial charge in [-0.15, -0.1) is 0 Å². The highest BCUT2D eigenvalue weighted by Gasteiger charge is 2.17. The first-order chi connectivity index (χ1) is 7.86. The lowest BCUT2D eigenvalue weighted by Crippen LogP contribution is -2.22. The molecule has 0 aromatic heterocycles. The van der Waals surface area contributed by atoms with Crippen molar-refractivity contribution in [3.8, 4) is 0 Å². The smallest absolute Gasteiger partial charge is 0.335 e. The van der Waals surface area contributed by atoms with E-state index in [2.05, 4.69) is 10.4 Å². The van der Waals surface area contributed by atoms with E-state index < -0.39 is 0 Å². The number of carbonyl (C=O) groups is 1. The van der Waals surface area contributed by atoms with Gasteiger partial charge >= 0.3 is 6.03 Å². The van der Waals surface area contributed by atoms with Crippen molar-refractivity contribution in [2.24, 2.45) is 5.10 Å². The maximum atomic E-state index is 11.1. The zero-order valence-corrected chi connectivity index (χ0v) is 8.84. The Labute approximate surface area is 94.3 Å². The topological polar surface area (TPSA) is 44.7 Å². The van der Waals surface area contributed by atoms with Gasteiger partial charge in [-0.25, -0.2) is 9.80 Å². The maximum Gasteiger partial charge on any atom is 0.337 e. The van der Waals surface area contributed by atoms with Crippen LogP contribution in [-0.2, 0) is 0 Å². The molecule has 4 heteroatoms. The summed E-state index contributed by atoms with van der Waals surface area (Å²) >= 11 is 0. The molecule has 0 spiro atoms. The highest BCUT2D eigenvalue weighted by molar-refractivity contribution is 5.81. The van der Waals surface area contributed by atoms with Gasteiger partial charge in [-0.2, -0.15) is 5.10 Å². The lowest BCUT2D eigenvalue weighted by Gasteiger charge is -2.03. The molecular formula is C12H13N3O. The fraction of sp³-hybridized carbons (Fsp3) is 0.167. The minimum Gasteiger partial charge on any atom is -0.335 e. The molecule has 1 saturated heterocycles. The SMILES string of the molecule is O=C1NCCN1N=C/C=C/c1ccccc1. The van der Waals surface area contributed by atoms with Crippen LogP contribution in [0.25, 0.3) is 6.08 Å². The van der Waals surface area contributed by atoms with E-state index in [9.17, 15) is 4.79 Å². The second-order valence-electron chi connectivity index (χ2n) is 3.39. The molecule has 2 rings (SSSR count). The van der Waals surface area contributed by atoms with Crippen LogP contribution in [0.4, 0.5) is 4.79 Å². The number of rotatable bonds is 3. The monoisotopic (exact) mass is 215 g/mol. The summed E-state index contributed by atoms with van der Waals surface area (Å²) in [5.74, 6) is 0. The first-order valence-corrected chi connectivity index (χ1v) is 5.17. The largest absolute Gasteiger partial charge is 0.337 e. The number of benzene rings is 1. The molecule has 0 atom stereocenters. The molecule has 4 nitrogen and oxygen atoms in total. The number of nitrogens with zero attached hydrogens (tertiary/aromatic N) is 2. The number of allylic oxidation sites excluding steroid dienone is 1. The van der Waals surface area contributed by atoms with E-state index in [1.165, 1.54) is 5.01 Å². The van der Waals surface area contributed by atoms with E-state index in [0.717, 1.165) is 5.56 Å². The molecule has 0 aliphatic carbocycles. The molecule has 1 aliphatic rings. The van der Waals surface area contributed by atoms with Crippen LogP contribution in [0.3, 0.4) is 0 Å². The Morgan fingerprint density at radius 3 is 2.81 bits per heavy atom. The summed E-state index contributed by atoms with van der Waals surface area (Å²) in [7, 11) is 0. The zero-order valence-electron chi connectivity index (χ0n) is 8.84. The molecule has 0 unspecified atom stereocenters. The molecule has 1 aromatic rings. The Balaban J connectivity index is 1.89. The van der Waals surface area contributed by atoms with E-state index in [4.69, 9.17) is 0 Å². The summed E-state index contributed by atoms with van der Waals surface area (Å²) < 4.78 is 0. The molecule has 1 aromatic carbocycles. The molecule has 0 saturated carbocycles. The van der Waals surface area contributed by atoms with Gasteiger partial charge in [-0.05, 0) is 11.6 Å². The predicted molar refractivity (Wildman–Crippen MR) is 64.1 cm³/mol. The summed E-state index contributed by atoms with van der Waals surface area (Å²) in [6, 6.07) is 9.80. The Morgan fingerprint density at radius 2 is 2.12 bits per heavy atom. The van der Waals surface area contributed by atoms with Crippen molar-refractivity contribution in [1.29, 1.82) is 0 Å². The van der Waals surface area contributed by atoms with Gasteiger partial charge in [0.2, 0.25) is 0 Å². The first kappa shape index (κ1) is 10.4. The van der Waals surface area contributed by atoms with Crippen molar-refractivity contribution in [2.45, 2.75) is 0 Å². The Morgan fingerprint density at radius 1 is 1.31 bits per heavy atom. The molecule has 0 radical (unpaired) electrons. The first-order valence-electron chi connectivity index (χ1n) is 5.17. The Bertz CT molecular complexity index is 412. The second-order valence-corrected chi connectivity index (χ2v) is 3.39. The second kappa shape index (κ2) is 5.11. The van der Waals surface area contributed by atoms with E-state index in [1.807, 2.05) is 42.5 Å². The van der Waals surface area contributed by atoms with Crippen LogP contribution in [-0.4, -0.2) is 30.3 Å². The van der Waals surface area contributed by atoms with Crippen molar-refractivity contribution < 1.29 is 4.79 Å². The molecule has 1 N–H and O–H groups in total. The lowest BCUT2D eigenvalue weighted by molar-refractivity contribution is 0.219. The summed E-state index contributed by atoms with van der Waals surface area (Å²) in [6.45, 7) is 1.30. The van der Waals surface area contributed by atoms with Gasteiger partial charge in [0.25, 0.3) is 0 Å². The molecule has 1 aliphatic heterocycles. The Kier molecular flexibility index (Phi) is 3.33. The van der Waals surface area contributed by atoms with Crippen molar-refractivity contribution in [2.75, 3.05) is 13.1 Å². The van der Waals surface area contributed by atoms with Crippen LogP contribution in [0.2, 0.25) is 0 Å². The molecule has 1 fully saturated rings. The molecule has 16 heavy (non-hydrogen) atoms. The third kappa shape index (κ3) is 2.70. The van der Waals surface area contributed by atoms with Crippen LogP contribution < -0.4 is 5.32 Å². The standard InChI is InChI=1S/C12H13N3O/c16-12-13-9-10-15(12)14-8-4-7-11-5-2-1-3-6-11/h1-8H,9-10H2,(H,13,16)/b7-4+,14-8?. The quantitative estimate of drug-likeness (QED) is 0.766. The molecule has 0 bridgehead atoms. The average molecular weight is 215 g/mol. The third-order valence-corrected chi connectivity index (χ3v) is 2.21. The minimum atomic E-state index is -0.135. The van der Waals surface area contributed by atoms with Gasteiger partial charge in [0.15, 0.2) is 0 Å². The van der Waals surface area contributed by atoms with Crippen LogP contribution in [0.5, 0.6) is 0 Å². The number of urea groups is 1. The zero-order chi connectivity index (χ0) is 11.2. The highest BCUT2D eigenvalue weighted by atomic mass is 16.2. The van der Waals surface area contributed by atoms with Crippen molar-refractivity contribution in [1.82, 2.24) is 10.3 Å². The van der Waals surface area contributed by atoms with Crippen LogP contribution >= 0.6 is 0 Å². The van der Waals surface area contributed by atoms with Crippen molar-refractivity contribution in [3.05, 3.63) is 42.0 Å². The molecule has 82 valence electrons. The number of amides is 2. The van der Waals surface area contributed by atoms with Crippen molar-refractivity contribution in [3.63, 3.8) is 0 Å². The number of hydrazone groups is 1. The molecule has 1 heterocycles. The summed E-state index contributed by atoms with van der Waals surface area (Å²) in [6.07, 6.45) is 5.39. The van der Waals surface area contributed by atoms with Crippen LogP contribution in [0.15, 0.2) is 41.5 Å². The van der Waals surface area contributed by atoms with Gasteiger partial charge in [0, 0.05) is 12.8 Å². The number of nitrogens with one attached hydrogen (secondary N) is 1. The van der Waals surface area contributed by atoms with E-state index >= 15 is 0 Å². The summed E-state index contributed by atoms with van der Waals surface area (Å²) in [5, 5.41) is 8.12. The lowest BCUT2D eigenvalue weighted by atomic mass is 10.2. The third-order valence-electron chi connectivity index (χ3n) is 2.21. The van der Waals surface area contributed by atoms with Crippen LogP contribution in [0, 0.1) is 0 Å². The summed E-state index contributed by atoms with van der Waals surface area (Å²) in [4.78, 5) is 11.1. The van der Waals surface area contributed by atoms with Gasteiger partial charge < -0.3 is 5.32 Å². The normalized spacial score (nSPS) is 16.2. The fourth-order valence-electron chi connectivity index (χ4n) is 1.41. The fourth-order valence-corrected chi connectivity index (χ4v) is 1.41. The number of hydrogen-bond donors (Lipinski definition) is 1. The van der Waals surface area contributed by atoms with Gasteiger partial charge in [0.1, 0.15) is 0 Å². The van der Waals surface area contributed by atoms with Gasteiger partial charge in [0.05, 0.1) is 6.54 Å². The van der Waals surface area contributed by atoms with Crippen molar-refractivity contribution >= 4 is 18.3 Å². The van der Waals surface area contributed by atoms with Crippen LogP contribution in [0.1, 0.15) is 5.56 Å². The van der Waals surface area contributed by atoms with Gasteiger partial charge in [-0.1, -0.05) is 36.4 Å². The maximum absolute atomic E-state index is 11.1. The van der Waals surface area contributed by atoms with E-state index in [-0.39, 0.29) is 6.03 Å². The number of hydrogen-bond acceptors (Lipinski definition) is 2. The van der Waals surface area contributed by atoms with Gasteiger partial charge in [-0.3, -0.25) is 0 Å².